The van der Waals surface area contributed by atoms with Crippen molar-refractivity contribution in [2.45, 2.75) is 33.6 Å². The van der Waals surface area contributed by atoms with E-state index in [-0.39, 0.29) is 11.2 Å². The van der Waals surface area contributed by atoms with Crippen LogP contribution in [0.1, 0.15) is 42.0 Å². The highest BCUT2D eigenvalue weighted by Crippen LogP contribution is 2.36. The van der Waals surface area contributed by atoms with Crippen molar-refractivity contribution < 1.29 is 4.79 Å². The van der Waals surface area contributed by atoms with Gasteiger partial charge in [-0.25, -0.2) is 9.67 Å². The third kappa shape index (κ3) is 2.46. The molecule has 0 unspecified atom stereocenters. The second-order valence-electron chi connectivity index (χ2n) is 8.15. The fourth-order valence-corrected chi connectivity index (χ4v) is 4.08. The number of carbonyl (C=O) groups is 1. The summed E-state index contributed by atoms with van der Waals surface area (Å²) >= 11 is 0. The average molecular weight is 356 g/mol. The van der Waals surface area contributed by atoms with Crippen LogP contribution in [0.5, 0.6) is 0 Å². The minimum atomic E-state index is -0.0554. The Morgan fingerprint density at radius 3 is 2.67 bits per heavy atom. The van der Waals surface area contributed by atoms with E-state index in [0.717, 1.165) is 51.0 Å². The number of nitrogens with zero attached hydrogens (tertiary/aromatic N) is 4. The molecule has 3 aromatic heterocycles. The number of aromatic nitrogens is 4. The fourth-order valence-electron chi connectivity index (χ4n) is 4.08. The van der Waals surface area contributed by atoms with Crippen LogP contribution in [-0.2, 0) is 6.42 Å². The molecule has 3 heterocycles. The van der Waals surface area contributed by atoms with E-state index in [9.17, 15) is 4.79 Å². The molecule has 5 heteroatoms. The van der Waals surface area contributed by atoms with Gasteiger partial charge in [0, 0.05) is 23.6 Å². The lowest BCUT2D eigenvalue weighted by Gasteiger charge is -2.29. The molecule has 0 bridgehead atoms. The zero-order chi connectivity index (χ0) is 18.8. The van der Waals surface area contributed by atoms with Crippen molar-refractivity contribution in [2.75, 3.05) is 0 Å². The van der Waals surface area contributed by atoms with Gasteiger partial charge in [0.25, 0.3) is 0 Å². The first-order chi connectivity index (χ1) is 12.9. The number of Topliss-reactive ketones (excluding diaryl/α,β-unsaturated/α-hetero) is 1. The number of carbonyl (C=O) groups excluding carboxylic acids is 1. The van der Waals surface area contributed by atoms with Crippen molar-refractivity contribution in [1.29, 1.82) is 0 Å². The number of hydrogen-bond acceptors (Lipinski definition) is 4. The number of rotatable bonds is 1. The van der Waals surface area contributed by atoms with Gasteiger partial charge in [-0.05, 0) is 37.0 Å². The summed E-state index contributed by atoms with van der Waals surface area (Å²) in [6, 6.07) is 11.9. The molecule has 27 heavy (non-hydrogen) atoms. The Balaban J connectivity index is 1.81. The summed E-state index contributed by atoms with van der Waals surface area (Å²) in [5, 5.41) is 6.56. The zero-order valence-electron chi connectivity index (χ0n) is 15.7. The summed E-state index contributed by atoms with van der Waals surface area (Å²) < 4.78 is 1.86. The Morgan fingerprint density at radius 2 is 1.89 bits per heavy atom. The average Bonchev–Trinajstić information content (AvgIpc) is 2.97. The van der Waals surface area contributed by atoms with Gasteiger partial charge in [-0.3, -0.25) is 9.78 Å². The predicted molar refractivity (Wildman–Crippen MR) is 105 cm³/mol. The summed E-state index contributed by atoms with van der Waals surface area (Å²) in [7, 11) is 0. The molecule has 0 saturated heterocycles. The number of fused-ring (bicyclic) bond motifs is 4. The molecule has 1 aliphatic carbocycles. The van der Waals surface area contributed by atoms with E-state index < -0.39 is 0 Å². The van der Waals surface area contributed by atoms with Gasteiger partial charge in [0.2, 0.25) is 0 Å². The van der Waals surface area contributed by atoms with Crippen molar-refractivity contribution in [3.8, 4) is 5.69 Å². The Morgan fingerprint density at radius 1 is 1.11 bits per heavy atom. The normalized spacial score (nSPS) is 16.0. The van der Waals surface area contributed by atoms with E-state index in [1.807, 2.05) is 48.0 Å². The van der Waals surface area contributed by atoms with Crippen LogP contribution >= 0.6 is 0 Å². The third-order valence-electron chi connectivity index (χ3n) is 5.32. The van der Waals surface area contributed by atoms with Crippen LogP contribution in [0.3, 0.4) is 0 Å². The monoisotopic (exact) mass is 356 g/mol. The second-order valence-corrected chi connectivity index (χ2v) is 8.15. The number of benzene rings is 1. The molecule has 4 aromatic rings. The van der Waals surface area contributed by atoms with E-state index in [0.29, 0.717) is 6.42 Å². The molecule has 5 rings (SSSR count). The molecule has 0 aliphatic heterocycles. The molecule has 0 saturated carbocycles. The Hall–Kier alpha value is -3.08. The molecule has 134 valence electrons. The van der Waals surface area contributed by atoms with Crippen molar-refractivity contribution >= 4 is 27.7 Å². The van der Waals surface area contributed by atoms with Gasteiger partial charge >= 0.3 is 0 Å². The van der Waals surface area contributed by atoms with Crippen LogP contribution in [-0.4, -0.2) is 25.5 Å². The van der Waals surface area contributed by atoms with Crippen LogP contribution in [0.2, 0.25) is 0 Å². The lowest BCUT2D eigenvalue weighted by atomic mass is 9.75. The SMILES string of the molecule is Cc1nn(-c2ccccc2)c2ncc3cc4c(nc3c12)CC(C)(C)CC4=O. The van der Waals surface area contributed by atoms with E-state index in [1.54, 1.807) is 6.20 Å². The molecule has 5 nitrogen and oxygen atoms in total. The predicted octanol–water partition coefficient (Wildman–Crippen LogP) is 4.43. The highest BCUT2D eigenvalue weighted by molar-refractivity contribution is 6.07. The van der Waals surface area contributed by atoms with Gasteiger partial charge in [-0.2, -0.15) is 5.10 Å². The first kappa shape index (κ1) is 16.1. The Labute approximate surface area is 157 Å². The van der Waals surface area contributed by atoms with Crippen LogP contribution < -0.4 is 0 Å². The minimum Gasteiger partial charge on any atom is -0.294 e. The smallest absolute Gasteiger partial charge is 0.165 e. The van der Waals surface area contributed by atoms with E-state index in [4.69, 9.17) is 10.1 Å². The molecule has 0 spiro atoms. The molecular formula is C22H20N4O. The standard InChI is InChI=1S/C22H20N4O/c1-13-19-20-14(9-16-17(24-20)10-22(2,3)11-18(16)27)12-23-21(19)26(25-13)15-7-5-4-6-8-15/h4-9,12H,10-11H2,1-3H3. The maximum absolute atomic E-state index is 12.6. The molecule has 0 fully saturated rings. The summed E-state index contributed by atoms with van der Waals surface area (Å²) in [5.41, 5.74) is 5.11. The van der Waals surface area contributed by atoms with Gasteiger partial charge in [0.15, 0.2) is 11.4 Å². The summed E-state index contributed by atoms with van der Waals surface area (Å²) in [5.74, 6) is 0.174. The Bertz CT molecular complexity index is 1220. The topological polar surface area (TPSA) is 60.7 Å². The molecule has 0 radical (unpaired) electrons. The molecule has 0 amide bonds. The van der Waals surface area contributed by atoms with Crippen LogP contribution in [0.15, 0.2) is 42.6 Å². The van der Waals surface area contributed by atoms with Crippen molar-refractivity contribution in [1.82, 2.24) is 19.7 Å². The fraction of sp³-hybridized carbons (Fsp3) is 0.273. The van der Waals surface area contributed by atoms with Gasteiger partial charge in [-0.15, -0.1) is 0 Å². The van der Waals surface area contributed by atoms with E-state index in [1.165, 1.54) is 0 Å². The largest absolute Gasteiger partial charge is 0.294 e. The number of hydrogen-bond donors (Lipinski definition) is 0. The third-order valence-corrected chi connectivity index (χ3v) is 5.32. The highest BCUT2D eigenvalue weighted by Gasteiger charge is 2.32. The van der Waals surface area contributed by atoms with Crippen LogP contribution in [0.4, 0.5) is 0 Å². The van der Waals surface area contributed by atoms with Gasteiger partial charge in [-0.1, -0.05) is 32.0 Å². The van der Waals surface area contributed by atoms with Crippen molar-refractivity contribution in [3.63, 3.8) is 0 Å². The molecule has 0 N–H and O–H groups in total. The molecular weight excluding hydrogens is 336 g/mol. The number of para-hydroxylation sites is 1. The van der Waals surface area contributed by atoms with E-state index >= 15 is 0 Å². The summed E-state index contributed by atoms with van der Waals surface area (Å²) in [4.78, 5) is 22.2. The Kier molecular flexibility index (Phi) is 3.26. The summed E-state index contributed by atoms with van der Waals surface area (Å²) in [6.07, 6.45) is 3.17. The molecule has 1 aliphatic rings. The van der Waals surface area contributed by atoms with Gasteiger partial charge in [0.05, 0.1) is 28.0 Å². The van der Waals surface area contributed by atoms with Crippen molar-refractivity contribution in [2.24, 2.45) is 5.41 Å². The quantitative estimate of drug-likeness (QED) is 0.506. The highest BCUT2D eigenvalue weighted by atomic mass is 16.1. The zero-order valence-corrected chi connectivity index (χ0v) is 15.7. The maximum Gasteiger partial charge on any atom is 0.165 e. The number of aryl methyl sites for hydroxylation is 1. The minimum absolute atomic E-state index is 0.0554. The lowest BCUT2D eigenvalue weighted by Crippen LogP contribution is -2.27. The number of ketones is 1. The first-order valence-corrected chi connectivity index (χ1v) is 9.19. The van der Waals surface area contributed by atoms with E-state index in [2.05, 4.69) is 18.8 Å². The second kappa shape index (κ2) is 5.46. The van der Waals surface area contributed by atoms with Crippen molar-refractivity contribution in [3.05, 3.63) is 59.5 Å². The molecule has 0 atom stereocenters. The summed E-state index contributed by atoms with van der Waals surface area (Å²) in [6.45, 7) is 6.24. The first-order valence-electron chi connectivity index (χ1n) is 9.19. The van der Waals surface area contributed by atoms with Gasteiger partial charge in [0.1, 0.15) is 0 Å². The number of pyridine rings is 2. The van der Waals surface area contributed by atoms with Crippen LogP contribution in [0.25, 0.3) is 27.6 Å². The maximum atomic E-state index is 12.6. The van der Waals surface area contributed by atoms with Crippen LogP contribution in [0, 0.1) is 12.3 Å². The lowest BCUT2D eigenvalue weighted by molar-refractivity contribution is 0.0910. The molecule has 1 aromatic carbocycles. The van der Waals surface area contributed by atoms with Gasteiger partial charge < -0.3 is 0 Å².